The summed E-state index contributed by atoms with van der Waals surface area (Å²) in [6, 6.07) is 0. The fourth-order valence-electron chi connectivity index (χ4n) is 1.78. The number of rotatable bonds is 5. The van der Waals surface area contributed by atoms with Crippen molar-refractivity contribution in [3.8, 4) is 0 Å². The molecule has 18 heavy (non-hydrogen) atoms. The zero-order chi connectivity index (χ0) is 13.0. The van der Waals surface area contributed by atoms with Crippen LogP contribution in [0.5, 0.6) is 0 Å². The van der Waals surface area contributed by atoms with Crippen LogP contribution in [0, 0.1) is 0 Å². The Morgan fingerprint density at radius 3 is 2.94 bits per heavy atom. The second-order valence-corrected chi connectivity index (χ2v) is 4.15. The van der Waals surface area contributed by atoms with E-state index in [-0.39, 0.29) is 25.4 Å². The summed E-state index contributed by atoms with van der Waals surface area (Å²) in [5, 5.41) is 19.0. The highest BCUT2D eigenvalue weighted by atomic mass is 16.5. The van der Waals surface area contributed by atoms with Gasteiger partial charge in [-0.25, -0.2) is 4.79 Å². The summed E-state index contributed by atoms with van der Waals surface area (Å²) in [5.74, 6) is -1.40. The minimum absolute atomic E-state index is 0.0113. The van der Waals surface area contributed by atoms with Gasteiger partial charge in [0, 0.05) is 25.6 Å². The molecule has 0 spiro atoms. The Labute approximate surface area is 103 Å². The average molecular weight is 254 g/mol. The Kier molecular flexibility index (Phi) is 3.56. The van der Waals surface area contributed by atoms with Gasteiger partial charge in [0.15, 0.2) is 5.54 Å². The number of carboxylic acids is 1. The lowest BCUT2D eigenvalue weighted by Crippen LogP contribution is -2.55. The van der Waals surface area contributed by atoms with Gasteiger partial charge >= 0.3 is 5.97 Å². The summed E-state index contributed by atoms with van der Waals surface area (Å²) < 4.78 is 6.56. The van der Waals surface area contributed by atoms with E-state index in [4.69, 9.17) is 9.84 Å². The van der Waals surface area contributed by atoms with E-state index >= 15 is 0 Å². The first-order valence-corrected chi connectivity index (χ1v) is 5.59. The normalized spacial score (nSPS) is 22.9. The summed E-state index contributed by atoms with van der Waals surface area (Å²) in [6.07, 6.45) is 3.59. The van der Waals surface area contributed by atoms with E-state index in [2.05, 4.69) is 15.6 Å². The molecule has 8 heteroatoms. The molecular formula is C10H14N4O4. The van der Waals surface area contributed by atoms with E-state index in [1.54, 1.807) is 6.20 Å². The monoisotopic (exact) mass is 254 g/mol. The number of aromatic nitrogens is 3. The Balaban J connectivity index is 1.88. The van der Waals surface area contributed by atoms with Gasteiger partial charge in [-0.2, -0.15) is 0 Å². The number of ether oxygens (including phenoxy) is 1. The molecule has 0 bridgehead atoms. The minimum Gasteiger partial charge on any atom is -0.479 e. The highest BCUT2D eigenvalue weighted by Crippen LogP contribution is 2.19. The van der Waals surface area contributed by atoms with Crippen molar-refractivity contribution in [1.82, 2.24) is 20.3 Å². The molecule has 1 unspecified atom stereocenters. The van der Waals surface area contributed by atoms with Gasteiger partial charge in [-0.1, -0.05) is 5.21 Å². The molecule has 0 aromatic carbocycles. The highest BCUT2D eigenvalue weighted by molar-refractivity contribution is 5.87. The van der Waals surface area contributed by atoms with Crippen LogP contribution in [0.2, 0.25) is 0 Å². The van der Waals surface area contributed by atoms with Gasteiger partial charge < -0.3 is 15.2 Å². The van der Waals surface area contributed by atoms with E-state index < -0.39 is 11.5 Å². The van der Waals surface area contributed by atoms with E-state index in [1.165, 1.54) is 10.9 Å². The van der Waals surface area contributed by atoms with Crippen molar-refractivity contribution >= 4 is 11.9 Å². The SMILES string of the molecule is O=C(CCn1ccnn1)NC1(C(=O)O)CCOC1. The molecule has 0 radical (unpaired) electrons. The maximum Gasteiger partial charge on any atom is 0.331 e. The summed E-state index contributed by atoms with van der Waals surface area (Å²) >= 11 is 0. The van der Waals surface area contributed by atoms with Crippen molar-refractivity contribution in [2.45, 2.75) is 24.9 Å². The lowest BCUT2D eigenvalue weighted by Gasteiger charge is -2.23. The molecule has 1 amide bonds. The molecule has 1 aliphatic heterocycles. The molecule has 0 aliphatic carbocycles. The van der Waals surface area contributed by atoms with Gasteiger partial charge in [0.2, 0.25) is 5.91 Å². The largest absolute Gasteiger partial charge is 0.479 e. The molecule has 1 aromatic heterocycles. The van der Waals surface area contributed by atoms with Gasteiger partial charge in [-0.3, -0.25) is 9.48 Å². The lowest BCUT2D eigenvalue weighted by atomic mass is 9.99. The topological polar surface area (TPSA) is 106 Å². The first-order chi connectivity index (χ1) is 8.62. The molecule has 8 nitrogen and oxygen atoms in total. The van der Waals surface area contributed by atoms with E-state index in [1.807, 2.05) is 0 Å². The van der Waals surface area contributed by atoms with Crippen molar-refractivity contribution in [3.63, 3.8) is 0 Å². The second kappa shape index (κ2) is 5.13. The predicted octanol–water partition coefficient (Wildman–Crippen LogP) is -0.972. The summed E-state index contributed by atoms with van der Waals surface area (Å²) in [4.78, 5) is 22.9. The lowest BCUT2D eigenvalue weighted by molar-refractivity contribution is -0.147. The van der Waals surface area contributed by atoms with Gasteiger partial charge in [-0.15, -0.1) is 5.10 Å². The molecule has 98 valence electrons. The van der Waals surface area contributed by atoms with Crippen LogP contribution in [0.4, 0.5) is 0 Å². The number of nitrogens with zero attached hydrogens (tertiary/aromatic N) is 3. The highest BCUT2D eigenvalue weighted by Gasteiger charge is 2.43. The summed E-state index contributed by atoms with van der Waals surface area (Å²) in [7, 11) is 0. The predicted molar refractivity (Wildman–Crippen MR) is 58.6 cm³/mol. The van der Waals surface area contributed by atoms with Gasteiger partial charge in [0.1, 0.15) is 0 Å². The number of carbonyl (C=O) groups is 2. The Bertz CT molecular complexity index is 425. The maximum absolute atomic E-state index is 11.7. The van der Waals surface area contributed by atoms with Crippen LogP contribution >= 0.6 is 0 Å². The number of amides is 1. The molecule has 1 fully saturated rings. The maximum atomic E-state index is 11.7. The van der Waals surface area contributed by atoms with Crippen molar-refractivity contribution in [2.24, 2.45) is 0 Å². The molecule has 2 rings (SSSR count). The summed E-state index contributed by atoms with van der Waals surface area (Å²) in [6.45, 7) is 0.718. The third-order valence-corrected chi connectivity index (χ3v) is 2.85. The van der Waals surface area contributed by atoms with E-state index in [0.717, 1.165) is 0 Å². The van der Waals surface area contributed by atoms with Crippen LogP contribution in [0.3, 0.4) is 0 Å². The Morgan fingerprint density at radius 1 is 1.56 bits per heavy atom. The first kappa shape index (κ1) is 12.5. The van der Waals surface area contributed by atoms with Crippen LogP contribution in [-0.4, -0.2) is 50.7 Å². The molecule has 0 saturated carbocycles. The standard InChI is InChI=1S/C10H14N4O4/c15-8(1-4-14-5-3-11-13-14)12-10(9(16)17)2-6-18-7-10/h3,5H,1-2,4,6-7H2,(H,12,15)(H,16,17). The quantitative estimate of drug-likeness (QED) is 0.700. The number of carboxylic acid groups (broad SMARTS) is 1. The van der Waals surface area contributed by atoms with Crippen molar-refractivity contribution in [2.75, 3.05) is 13.2 Å². The van der Waals surface area contributed by atoms with Crippen LogP contribution in [0.15, 0.2) is 12.4 Å². The number of carbonyl (C=O) groups excluding carboxylic acids is 1. The van der Waals surface area contributed by atoms with Crippen LogP contribution in [0.1, 0.15) is 12.8 Å². The second-order valence-electron chi connectivity index (χ2n) is 4.15. The first-order valence-electron chi connectivity index (χ1n) is 5.59. The number of hydrogen-bond acceptors (Lipinski definition) is 5. The fourth-order valence-corrected chi connectivity index (χ4v) is 1.78. The molecule has 2 heterocycles. The van der Waals surface area contributed by atoms with Crippen molar-refractivity contribution in [1.29, 1.82) is 0 Å². The van der Waals surface area contributed by atoms with Gasteiger partial charge in [0.25, 0.3) is 0 Å². The number of hydrogen-bond donors (Lipinski definition) is 2. The third kappa shape index (κ3) is 2.65. The molecule has 1 saturated heterocycles. The molecule has 1 atom stereocenters. The molecule has 1 aromatic rings. The molecular weight excluding hydrogens is 240 g/mol. The average Bonchev–Trinajstić information content (AvgIpc) is 2.97. The van der Waals surface area contributed by atoms with Gasteiger partial charge in [-0.05, 0) is 0 Å². The Morgan fingerprint density at radius 2 is 2.39 bits per heavy atom. The van der Waals surface area contributed by atoms with E-state index in [9.17, 15) is 9.59 Å². The van der Waals surface area contributed by atoms with Gasteiger partial charge in [0.05, 0.1) is 19.3 Å². The number of aryl methyl sites for hydroxylation is 1. The number of nitrogens with one attached hydrogen (secondary N) is 1. The van der Waals surface area contributed by atoms with Crippen LogP contribution < -0.4 is 5.32 Å². The Hall–Kier alpha value is -1.96. The number of aliphatic carboxylic acids is 1. The fraction of sp³-hybridized carbons (Fsp3) is 0.600. The minimum atomic E-state index is -1.28. The van der Waals surface area contributed by atoms with Crippen LogP contribution in [0.25, 0.3) is 0 Å². The van der Waals surface area contributed by atoms with Crippen molar-refractivity contribution < 1.29 is 19.4 Å². The zero-order valence-electron chi connectivity index (χ0n) is 9.70. The van der Waals surface area contributed by atoms with Crippen LogP contribution in [-0.2, 0) is 20.9 Å². The summed E-state index contributed by atoms with van der Waals surface area (Å²) in [5.41, 5.74) is -1.28. The smallest absolute Gasteiger partial charge is 0.331 e. The zero-order valence-corrected chi connectivity index (χ0v) is 9.70. The molecule has 2 N–H and O–H groups in total. The van der Waals surface area contributed by atoms with Crippen molar-refractivity contribution in [3.05, 3.63) is 12.4 Å². The molecule has 1 aliphatic rings. The van der Waals surface area contributed by atoms with E-state index in [0.29, 0.717) is 13.2 Å². The third-order valence-electron chi connectivity index (χ3n) is 2.85.